The van der Waals surface area contributed by atoms with Gasteiger partial charge in [-0.15, -0.1) is 12.4 Å². The van der Waals surface area contributed by atoms with Gasteiger partial charge in [0, 0.05) is 25.0 Å². The first kappa shape index (κ1) is 32.2. The Morgan fingerprint density at radius 3 is 1.88 bits per heavy atom. The molecule has 10 nitrogen and oxygen atoms in total. The van der Waals surface area contributed by atoms with Crippen molar-refractivity contribution >= 4 is 47.6 Å². The van der Waals surface area contributed by atoms with Crippen molar-refractivity contribution in [1.82, 2.24) is 10.6 Å². The number of nitrogens with zero attached hydrogens (tertiary/aromatic N) is 1. The van der Waals surface area contributed by atoms with Crippen LogP contribution in [0.25, 0.3) is 0 Å². The van der Waals surface area contributed by atoms with Crippen molar-refractivity contribution in [2.24, 2.45) is 11.5 Å². The topological polar surface area (TPSA) is 166 Å². The third-order valence-electron chi connectivity index (χ3n) is 6.68. The molecule has 4 aromatic carbocycles. The Kier molecular flexibility index (Phi) is 11.3. The number of halogens is 1. The SMILES string of the molecule is CN(C(=O)C(NC(=O)C(c1ccccc1)c1ccccc1)c1cccc(NC(=N)N)c1)c1ccc(CNC(N)=O)cc1.Cl. The molecule has 43 heavy (non-hydrogen) atoms. The molecule has 0 aliphatic heterocycles. The lowest BCUT2D eigenvalue weighted by Gasteiger charge is -2.27. The number of hydrogen-bond donors (Lipinski definition) is 6. The lowest BCUT2D eigenvalue weighted by Crippen LogP contribution is -2.43. The summed E-state index contributed by atoms with van der Waals surface area (Å²) in [5, 5.41) is 15.9. The maximum Gasteiger partial charge on any atom is 0.312 e. The van der Waals surface area contributed by atoms with Crippen LogP contribution in [0, 0.1) is 5.41 Å². The van der Waals surface area contributed by atoms with Crippen LogP contribution in [0.3, 0.4) is 0 Å². The van der Waals surface area contributed by atoms with Crippen LogP contribution in [0.15, 0.2) is 109 Å². The number of carbonyl (C=O) groups is 3. The summed E-state index contributed by atoms with van der Waals surface area (Å²) in [5.41, 5.74) is 14.7. The van der Waals surface area contributed by atoms with E-state index in [1.165, 1.54) is 4.90 Å². The molecular formula is C32H34ClN7O3. The number of hydrogen-bond acceptors (Lipinski definition) is 4. The summed E-state index contributed by atoms with van der Waals surface area (Å²) in [6.45, 7) is 0.252. The average Bonchev–Trinajstić information content (AvgIpc) is 2.99. The highest BCUT2D eigenvalue weighted by Crippen LogP contribution is 2.28. The number of primary amides is 1. The van der Waals surface area contributed by atoms with Crippen LogP contribution < -0.4 is 32.3 Å². The highest BCUT2D eigenvalue weighted by molar-refractivity contribution is 6.01. The lowest BCUT2D eigenvalue weighted by atomic mass is 9.90. The van der Waals surface area contributed by atoms with Crippen LogP contribution in [-0.2, 0) is 16.1 Å². The van der Waals surface area contributed by atoms with Gasteiger partial charge in [-0.2, -0.15) is 0 Å². The molecule has 0 heterocycles. The number of nitrogens with two attached hydrogens (primary N) is 2. The normalized spacial score (nSPS) is 11.0. The van der Waals surface area contributed by atoms with Gasteiger partial charge < -0.3 is 32.3 Å². The van der Waals surface area contributed by atoms with Gasteiger partial charge in [-0.05, 0) is 46.5 Å². The van der Waals surface area contributed by atoms with E-state index in [1.807, 2.05) is 60.7 Å². The standard InChI is InChI=1S/C32H33N7O3.ClH/c1-39(26-17-15-21(16-18-26)20-36-32(35)42)30(41)28(24-13-8-14-25(19-24)37-31(33)34)38-29(40)27(22-9-4-2-5-10-22)23-11-6-3-7-12-23;/h2-19,27-28H,20H2,1H3,(H,38,40)(H4,33,34,37)(H3,35,36,42);1H. The van der Waals surface area contributed by atoms with Crippen molar-refractivity contribution in [1.29, 1.82) is 5.41 Å². The number of rotatable bonds is 10. The fourth-order valence-electron chi connectivity index (χ4n) is 4.60. The molecule has 0 aromatic heterocycles. The van der Waals surface area contributed by atoms with Gasteiger partial charge in [0.1, 0.15) is 6.04 Å². The molecular weight excluding hydrogens is 566 g/mol. The molecule has 0 fully saturated rings. The predicted octanol–water partition coefficient (Wildman–Crippen LogP) is 4.23. The fraction of sp³-hybridized carbons (Fsp3) is 0.125. The molecule has 0 aliphatic carbocycles. The summed E-state index contributed by atoms with van der Waals surface area (Å²) in [6, 6.07) is 31.0. The zero-order chi connectivity index (χ0) is 30.1. The molecule has 0 radical (unpaired) electrons. The maximum absolute atomic E-state index is 14.1. The van der Waals surface area contributed by atoms with E-state index in [1.54, 1.807) is 55.6 Å². The first-order chi connectivity index (χ1) is 20.2. The molecule has 1 atom stereocenters. The Hall–Kier alpha value is -5.35. The lowest BCUT2D eigenvalue weighted by molar-refractivity contribution is -0.128. The largest absolute Gasteiger partial charge is 0.370 e. The van der Waals surface area contributed by atoms with Crippen molar-refractivity contribution in [3.05, 3.63) is 131 Å². The fourth-order valence-corrected chi connectivity index (χ4v) is 4.60. The number of anilines is 2. The number of amides is 4. The number of likely N-dealkylation sites (N-methyl/N-ethyl adjacent to an activating group) is 1. The summed E-state index contributed by atoms with van der Waals surface area (Å²) in [5.74, 6) is -1.65. The van der Waals surface area contributed by atoms with E-state index in [2.05, 4.69) is 16.0 Å². The van der Waals surface area contributed by atoms with E-state index in [-0.39, 0.29) is 36.7 Å². The molecule has 0 saturated carbocycles. The van der Waals surface area contributed by atoms with Crippen molar-refractivity contribution in [3.8, 4) is 0 Å². The molecule has 8 N–H and O–H groups in total. The Morgan fingerprint density at radius 2 is 1.35 bits per heavy atom. The Bertz CT molecular complexity index is 1510. The monoisotopic (exact) mass is 599 g/mol. The van der Waals surface area contributed by atoms with E-state index < -0.39 is 18.0 Å². The number of carbonyl (C=O) groups excluding carboxylic acids is 3. The summed E-state index contributed by atoms with van der Waals surface area (Å²) < 4.78 is 0. The highest BCUT2D eigenvalue weighted by Gasteiger charge is 2.31. The van der Waals surface area contributed by atoms with Crippen molar-refractivity contribution in [2.75, 3.05) is 17.3 Å². The molecule has 0 bridgehead atoms. The van der Waals surface area contributed by atoms with E-state index in [4.69, 9.17) is 16.9 Å². The molecule has 222 valence electrons. The summed E-state index contributed by atoms with van der Waals surface area (Å²) in [6.07, 6.45) is 0. The Balaban J connectivity index is 0.00000506. The van der Waals surface area contributed by atoms with Crippen LogP contribution in [-0.4, -0.2) is 30.9 Å². The van der Waals surface area contributed by atoms with E-state index in [9.17, 15) is 14.4 Å². The first-order valence-electron chi connectivity index (χ1n) is 13.2. The van der Waals surface area contributed by atoms with E-state index >= 15 is 0 Å². The molecule has 1 unspecified atom stereocenters. The van der Waals surface area contributed by atoms with Crippen molar-refractivity contribution in [3.63, 3.8) is 0 Å². The van der Waals surface area contributed by atoms with Crippen LogP contribution in [0.2, 0.25) is 0 Å². The second kappa shape index (κ2) is 15.0. The zero-order valence-electron chi connectivity index (χ0n) is 23.5. The minimum absolute atomic E-state index is 0. The van der Waals surface area contributed by atoms with Crippen LogP contribution in [0.4, 0.5) is 16.2 Å². The molecule has 4 amide bonds. The van der Waals surface area contributed by atoms with Gasteiger partial charge in [-0.1, -0.05) is 84.9 Å². The maximum atomic E-state index is 14.1. The van der Waals surface area contributed by atoms with Gasteiger partial charge in [0.25, 0.3) is 5.91 Å². The van der Waals surface area contributed by atoms with Gasteiger partial charge in [0.05, 0.1) is 5.92 Å². The van der Waals surface area contributed by atoms with Gasteiger partial charge in [0.2, 0.25) is 5.91 Å². The predicted molar refractivity (Wildman–Crippen MR) is 171 cm³/mol. The molecule has 0 spiro atoms. The van der Waals surface area contributed by atoms with Gasteiger partial charge >= 0.3 is 6.03 Å². The smallest absolute Gasteiger partial charge is 0.312 e. The second-order valence-electron chi connectivity index (χ2n) is 9.64. The first-order valence-corrected chi connectivity index (χ1v) is 13.2. The number of urea groups is 1. The third kappa shape index (κ3) is 8.57. The minimum atomic E-state index is -1.07. The quantitative estimate of drug-likeness (QED) is 0.118. The third-order valence-corrected chi connectivity index (χ3v) is 6.68. The van der Waals surface area contributed by atoms with Crippen LogP contribution in [0.5, 0.6) is 0 Å². The number of nitrogens with one attached hydrogen (secondary N) is 4. The van der Waals surface area contributed by atoms with Crippen LogP contribution >= 0.6 is 12.4 Å². The van der Waals surface area contributed by atoms with Gasteiger partial charge in [0.15, 0.2) is 5.96 Å². The minimum Gasteiger partial charge on any atom is -0.370 e. The van der Waals surface area contributed by atoms with Crippen molar-refractivity contribution in [2.45, 2.75) is 18.5 Å². The highest BCUT2D eigenvalue weighted by atomic mass is 35.5. The zero-order valence-corrected chi connectivity index (χ0v) is 24.3. The van der Waals surface area contributed by atoms with E-state index in [0.29, 0.717) is 16.9 Å². The summed E-state index contributed by atoms with van der Waals surface area (Å²) in [7, 11) is 1.63. The van der Waals surface area contributed by atoms with Gasteiger partial charge in [-0.25, -0.2) is 4.79 Å². The summed E-state index contributed by atoms with van der Waals surface area (Å²) >= 11 is 0. The second-order valence-corrected chi connectivity index (χ2v) is 9.64. The summed E-state index contributed by atoms with van der Waals surface area (Å²) in [4.78, 5) is 40.6. The number of benzene rings is 4. The van der Waals surface area contributed by atoms with E-state index in [0.717, 1.165) is 16.7 Å². The molecule has 11 heteroatoms. The molecule has 4 rings (SSSR count). The molecule has 4 aromatic rings. The average molecular weight is 600 g/mol. The molecule has 0 saturated heterocycles. The van der Waals surface area contributed by atoms with Gasteiger partial charge in [-0.3, -0.25) is 15.0 Å². The Morgan fingerprint density at radius 1 is 0.791 bits per heavy atom. The van der Waals surface area contributed by atoms with Crippen molar-refractivity contribution < 1.29 is 14.4 Å². The number of guanidine groups is 1. The Labute approximate surface area is 256 Å². The van der Waals surface area contributed by atoms with Crippen LogP contribution in [0.1, 0.15) is 34.2 Å². The molecule has 0 aliphatic rings.